The quantitative estimate of drug-likeness (QED) is 0.674. The zero-order valence-corrected chi connectivity index (χ0v) is 13.6. The normalized spacial score (nSPS) is 13.1. The van der Waals surface area contributed by atoms with E-state index in [4.69, 9.17) is 32.7 Å². The van der Waals surface area contributed by atoms with E-state index in [0.717, 1.165) is 0 Å². The SMILES string of the molecule is C/C(=N\NC(=O)c1ccc2c(c1)OCO2)c1cc(Cl)ccc1Cl. The Morgan fingerprint density at radius 3 is 2.74 bits per heavy atom. The predicted octanol–water partition coefficient (Wildman–Crippen LogP) is 3.88. The smallest absolute Gasteiger partial charge is 0.271 e. The van der Waals surface area contributed by atoms with Gasteiger partial charge in [-0.3, -0.25) is 4.79 Å². The van der Waals surface area contributed by atoms with Crippen LogP contribution in [0.15, 0.2) is 41.5 Å². The summed E-state index contributed by atoms with van der Waals surface area (Å²) in [7, 11) is 0. The molecule has 1 aliphatic rings. The molecule has 7 heteroatoms. The summed E-state index contributed by atoms with van der Waals surface area (Å²) in [5.41, 5.74) is 4.11. The van der Waals surface area contributed by atoms with Crippen molar-refractivity contribution in [3.63, 3.8) is 0 Å². The molecule has 118 valence electrons. The topological polar surface area (TPSA) is 59.9 Å². The molecule has 2 aromatic rings. The molecule has 5 nitrogen and oxygen atoms in total. The molecule has 1 N–H and O–H groups in total. The van der Waals surface area contributed by atoms with Crippen molar-refractivity contribution in [2.24, 2.45) is 5.10 Å². The summed E-state index contributed by atoms with van der Waals surface area (Å²) in [6, 6.07) is 9.98. The highest BCUT2D eigenvalue weighted by Gasteiger charge is 2.16. The number of nitrogens with zero attached hydrogens (tertiary/aromatic N) is 1. The zero-order chi connectivity index (χ0) is 16.4. The lowest BCUT2D eigenvalue weighted by atomic mass is 10.1. The van der Waals surface area contributed by atoms with Gasteiger partial charge in [0.2, 0.25) is 6.79 Å². The third-order valence-corrected chi connectivity index (χ3v) is 3.84. The first-order chi connectivity index (χ1) is 11.0. The molecule has 3 rings (SSSR count). The van der Waals surface area contributed by atoms with E-state index in [2.05, 4.69) is 10.5 Å². The van der Waals surface area contributed by atoms with E-state index in [1.807, 2.05) is 0 Å². The fraction of sp³-hybridized carbons (Fsp3) is 0.125. The van der Waals surface area contributed by atoms with Crippen LogP contribution >= 0.6 is 23.2 Å². The highest BCUT2D eigenvalue weighted by molar-refractivity contribution is 6.36. The Hall–Kier alpha value is -2.24. The number of hydrogen-bond acceptors (Lipinski definition) is 4. The number of benzene rings is 2. The van der Waals surface area contributed by atoms with Crippen LogP contribution in [0.25, 0.3) is 0 Å². The summed E-state index contributed by atoms with van der Waals surface area (Å²) in [5.74, 6) is 0.795. The van der Waals surface area contributed by atoms with Crippen molar-refractivity contribution >= 4 is 34.8 Å². The van der Waals surface area contributed by atoms with Gasteiger partial charge in [-0.05, 0) is 43.3 Å². The van der Waals surface area contributed by atoms with Crippen molar-refractivity contribution in [3.8, 4) is 11.5 Å². The molecule has 0 aromatic heterocycles. The first-order valence-corrected chi connectivity index (χ1v) is 7.50. The number of fused-ring (bicyclic) bond motifs is 1. The number of nitrogens with one attached hydrogen (secondary N) is 1. The molecule has 0 radical (unpaired) electrons. The molecular weight excluding hydrogens is 339 g/mol. The van der Waals surface area contributed by atoms with Crippen LogP contribution in [-0.2, 0) is 0 Å². The van der Waals surface area contributed by atoms with Crippen molar-refractivity contribution in [1.29, 1.82) is 0 Å². The second-order valence-electron chi connectivity index (χ2n) is 4.83. The van der Waals surface area contributed by atoms with Crippen LogP contribution in [0.5, 0.6) is 11.5 Å². The van der Waals surface area contributed by atoms with E-state index in [0.29, 0.717) is 38.4 Å². The van der Waals surface area contributed by atoms with Crippen LogP contribution in [-0.4, -0.2) is 18.4 Å². The predicted molar refractivity (Wildman–Crippen MR) is 88.7 cm³/mol. The highest BCUT2D eigenvalue weighted by Crippen LogP contribution is 2.32. The van der Waals surface area contributed by atoms with Crippen LogP contribution in [0.4, 0.5) is 0 Å². The Morgan fingerprint density at radius 2 is 1.91 bits per heavy atom. The van der Waals surface area contributed by atoms with E-state index in [1.165, 1.54) is 0 Å². The van der Waals surface area contributed by atoms with Crippen LogP contribution in [0.2, 0.25) is 10.0 Å². The van der Waals surface area contributed by atoms with Gasteiger partial charge in [-0.1, -0.05) is 23.2 Å². The Balaban J connectivity index is 1.76. The lowest BCUT2D eigenvalue weighted by molar-refractivity contribution is 0.0954. The zero-order valence-electron chi connectivity index (χ0n) is 12.1. The minimum Gasteiger partial charge on any atom is -0.454 e. The van der Waals surface area contributed by atoms with Crippen LogP contribution < -0.4 is 14.9 Å². The van der Waals surface area contributed by atoms with Gasteiger partial charge in [0.25, 0.3) is 5.91 Å². The molecular formula is C16H12Cl2N2O3. The maximum atomic E-state index is 12.2. The van der Waals surface area contributed by atoms with Gasteiger partial charge in [0, 0.05) is 21.2 Å². The molecule has 0 atom stereocenters. The third kappa shape index (κ3) is 3.41. The minimum atomic E-state index is -0.360. The minimum absolute atomic E-state index is 0.158. The van der Waals surface area contributed by atoms with Gasteiger partial charge in [-0.15, -0.1) is 0 Å². The van der Waals surface area contributed by atoms with Gasteiger partial charge < -0.3 is 9.47 Å². The molecule has 0 saturated carbocycles. The molecule has 0 bridgehead atoms. The van der Waals surface area contributed by atoms with Crippen molar-refractivity contribution < 1.29 is 14.3 Å². The Labute approximate surface area is 142 Å². The maximum absolute atomic E-state index is 12.2. The lowest BCUT2D eigenvalue weighted by Crippen LogP contribution is -2.19. The van der Waals surface area contributed by atoms with Crippen molar-refractivity contribution in [1.82, 2.24) is 5.43 Å². The number of carbonyl (C=O) groups is 1. The average molecular weight is 351 g/mol. The third-order valence-electron chi connectivity index (χ3n) is 3.28. The average Bonchev–Trinajstić information content (AvgIpc) is 3.02. The monoisotopic (exact) mass is 350 g/mol. The second-order valence-corrected chi connectivity index (χ2v) is 5.67. The Kier molecular flexibility index (Phi) is 4.41. The Morgan fingerprint density at radius 1 is 1.13 bits per heavy atom. The van der Waals surface area contributed by atoms with Crippen LogP contribution in [0.3, 0.4) is 0 Å². The number of hydrogen-bond donors (Lipinski definition) is 1. The summed E-state index contributed by atoms with van der Waals surface area (Å²) in [6.45, 7) is 1.89. The molecule has 0 saturated heterocycles. The fourth-order valence-corrected chi connectivity index (χ4v) is 2.50. The molecule has 2 aromatic carbocycles. The molecule has 0 fully saturated rings. The van der Waals surface area contributed by atoms with E-state index < -0.39 is 0 Å². The number of rotatable bonds is 3. The number of ether oxygens (including phenoxy) is 2. The summed E-state index contributed by atoms with van der Waals surface area (Å²) >= 11 is 12.1. The lowest BCUT2D eigenvalue weighted by Gasteiger charge is -2.06. The molecule has 0 unspecified atom stereocenters. The summed E-state index contributed by atoms with van der Waals surface area (Å²) < 4.78 is 10.4. The van der Waals surface area contributed by atoms with Gasteiger partial charge in [-0.25, -0.2) is 5.43 Å². The second kappa shape index (κ2) is 6.48. The van der Waals surface area contributed by atoms with E-state index in [-0.39, 0.29) is 12.7 Å². The van der Waals surface area contributed by atoms with Crippen LogP contribution in [0, 0.1) is 0 Å². The maximum Gasteiger partial charge on any atom is 0.271 e. The molecule has 1 aliphatic heterocycles. The summed E-state index contributed by atoms with van der Waals surface area (Å²) in [4.78, 5) is 12.2. The Bertz CT molecular complexity index is 806. The van der Waals surface area contributed by atoms with E-state index in [9.17, 15) is 4.79 Å². The molecule has 0 aliphatic carbocycles. The van der Waals surface area contributed by atoms with Crippen molar-refractivity contribution in [2.75, 3.05) is 6.79 Å². The standard InChI is InChI=1S/C16H12Cl2N2O3/c1-9(12-7-11(17)3-4-13(12)18)19-20-16(21)10-2-5-14-15(6-10)23-8-22-14/h2-7H,8H2,1H3,(H,20,21)/b19-9+. The molecule has 1 amide bonds. The summed E-state index contributed by atoms with van der Waals surface area (Å²) in [6.07, 6.45) is 0. The van der Waals surface area contributed by atoms with E-state index in [1.54, 1.807) is 43.3 Å². The van der Waals surface area contributed by atoms with Gasteiger partial charge in [0.05, 0.1) is 5.71 Å². The summed E-state index contributed by atoms with van der Waals surface area (Å²) in [5, 5.41) is 5.12. The first kappa shape index (κ1) is 15.6. The van der Waals surface area contributed by atoms with Gasteiger partial charge in [-0.2, -0.15) is 5.10 Å². The highest BCUT2D eigenvalue weighted by atomic mass is 35.5. The van der Waals surface area contributed by atoms with Crippen LogP contribution in [0.1, 0.15) is 22.8 Å². The van der Waals surface area contributed by atoms with Gasteiger partial charge in [0.15, 0.2) is 11.5 Å². The van der Waals surface area contributed by atoms with Gasteiger partial charge in [0.1, 0.15) is 0 Å². The van der Waals surface area contributed by atoms with Gasteiger partial charge >= 0.3 is 0 Å². The fourth-order valence-electron chi connectivity index (χ4n) is 2.07. The molecule has 1 heterocycles. The number of halogens is 2. The molecule has 0 spiro atoms. The number of carbonyl (C=O) groups excluding carboxylic acids is 1. The number of hydrazone groups is 1. The van der Waals surface area contributed by atoms with Crippen molar-refractivity contribution in [3.05, 3.63) is 57.6 Å². The number of amides is 1. The first-order valence-electron chi connectivity index (χ1n) is 6.74. The van der Waals surface area contributed by atoms with Crippen molar-refractivity contribution in [2.45, 2.75) is 6.92 Å². The largest absolute Gasteiger partial charge is 0.454 e. The van der Waals surface area contributed by atoms with E-state index >= 15 is 0 Å². The molecule has 23 heavy (non-hydrogen) atoms.